The molecule has 1 heterocycles. The summed E-state index contributed by atoms with van der Waals surface area (Å²) in [5, 5.41) is 2.91. The van der Waals surface area contributed by atoms with Gasteiger partial charge in [-0.1, -0.05) is 41.9 Å². The zero-order chi connectivity index (χ0) is 15.9. The highest BCUT2D eigenvalue weighted by Crippen LogP contribution is 2.19. The van der Waals surface area contributed by atoms with Crippen LogP contribution < -0.4 is 5.32 Å². The van der Waals surface area contributed by atoms with Gasteiger partial charge < -0.3 is 10.1 Å². The highest BCUT2D eigenvalue weighted by molar-refractivity contribution is 6.31. The van der Waals surface area contributed by atoms with E-state index in [1.54, 1.807) is 6.92 Å². The third-order valence-corrected chi connectivity index (χ3v) is 3.02. The first kappa shape index (κ1) is 16.0. The molecule has 1 N–H and O–H groups in total. The summed E-state index contributed by atoms with van der Waals surface area (Å²) in [6.07, 6.45) is 1.55. The van der Waals surface area contributed by atoms with Crippen molar-refractivity contribution in [3.63, 3.8) is 0 Å². The molecule has 0 aliphatic carbocycles. The standard InChI is InChI=1S/C16H15ClN2O3/c1-2-22-16(21)13-9-12(17)10-18-15(13)19-14(20)8-11-6-4-3-5-7-11/h3-7,9-10H,2,8H2,1H3,(H,18,19,20). The summed E-state index contributed by atoms with van der Waals surface area (Å²) < 4.78 is 4.93. The monoisotopic (exact) mass is 318 g/mol. The second-order valence-corrected chi connectivity index (χ2v) is 4.92. The first-order valence-corrected chi connectivity index (χ1v) is 7.14. The molecule has 2 rings (SSSR count). The molecule has 22 heavy (non-hydrogen) atoms. The van der Waals surface area contributed by atoms with Crippen molar-refractivity contribution < 1.29 is 14.3 Å². The van der Waals surface area contributed by atoms with Crippen molar-refractivity contribution in [3.8, 4) is 0 Å². The van der Waals surface area contributed by atoms with Gasteiger partial charge in [0.05, 0.1) is 18.1 Å². The van der Waals surface area contributed by atoms with Gasteiger partial charge in [0.15, 0.2) is 0 Å². The second kappa shape index (κ2) is 7.56. The average molecular weight is 319 g/mol. The molecular formula is C16H15ClN2O3. The van der Waals surface area contributed by atoms with Crippen LogP contribution in [0.2, 0.25) is 5.02 Å². The fraction of sp³-hybridized carbons (Fsp3) is 0.188. The molecule has 1 aromatic carbocycles. The number of carbonyl (C=O) groups excluding carboxylic acids is 2. The summed E-state index contributed by atoms with van der Waals surface area (Å²) in [6.45, 7) is 1.92. The maximum Gasteiger partial charge on any atom is 0.341 e. The van der Waals surface area contributed by atoms with Crippen molar-refractivity contribution in [1.29, 1.82) is 0 Å². The highest BCUT2D eigenvalue weighted by Gasteiger charge is 2.16. The molecule has 0 saturated heterocycles. The number of hydrogen-bond acceptors (Lipinski definition) is 4. The molecule has 5 nitrogen and oxygen atoms in total. The minimum Gasteiger partial charge on any atom is -0.462 e. The Morgan fingerprint density at radius 2 is 2.00 bits per heavy atom. The van der Waals surface area contributed by atoms with E-state index in [0.717, 1.165) is 5.56 Å². The Bertz CT molecular complexity index is 674. The van der Waals surface area contributed by atoms with Gasteiger partial charge in [-0.3, -0.25) is 4.79 Å². The first-order valence-electron chi connectivity index (χ1n) is 6.76. The van der Waals surface area contributed by atoms with Crippen LogP contribution in [0.15, 0.2) is 42.6 Å². The number of halogens is 1. The fourth-order valence-electron chi connectivity index (χ4n) is 1.86. The quantitative estimate of drug-likeness (QED) is 0.860. The predicted octanol–water partition coefficient (Wildman–Crippen LogP) is 3.09. The molecule has 0 unspecified atom stereocenters. The van der Waals surface area contributed by atoms with E-state index >= 15 is 0 Å². The van der Waals surface area contributed by atoms with E-state index in [-0.39, 0.29) is 30.3 Å². The minimum absolute atomic E-state index is 0.135. The largest absolute Gasteiger partial charge is 0.462 e. The van der Waals surface area contributed by atoms with Gasteiger partial charge in [0.25, 0.3) is 0 Å². The molecule has 1 amide bonds. The third kappa shape index (κ3) is 4.30. The zero-order valence-electron chi connectivity index (χ0n) is 12.0. The molecule has 0 atom stereocenters. The summed E-state index contributed by atoms with van der Waals surface area (Å²) in [4.78, 5) is 27.9. The Labute approximate surface area is 133 Å². The van der Waals surface area contributed by atoms with Crippen LogP contribution in [0.3, 0.4) is 0 Å². The molecule has 0 spiro atoms. The molecule has 114 valence electrons. The minimum atomic E-state index is -0.576. The van der Waals surface area contributed by atoms with Gasteiger partial charge in [0.2, 0.25) is 5.91 Å². The summed E-state index contributed by atoms with van der Waals surface area (Å²) >= 11 is 5.84. The van der Waals surface area contributed by atoms with Crippen LogP contribution in [0.1, 0.15) is 22.8 Å². The summed E-state index contributed by atoms with van der Waals surface area (Å²) in [6, 6.07) is 10.7. The molecule has 6 heteroatoms. The Kier molecular flexibility index (Phi) is 5.49. The normalized spacial score (nSPS) is 10.1. The van der Waals surface area contributed by atoms with E-state index in [1.807, 2.05) is 30.3 Å². The third-order valence-electron chi connectivity index (χ3n) is 2.81. The number of esters is 1. The van der Waals surface area contributed by atoms with E-state index in [1.165, 1.54) is 12.3 Å². The Morgan fingerprint density at radius 3 is 2.68 bits per heavy atom. The van der Waals surface area contributed by atoms with Gasteiger partial charge in [0, 0.05) is 6.20 Å². The lowest BCUT2D eigenvalue weighted by Gasteiger charge is -2.10. The van der Waals surface area contributed by atoms with Crippen LogP contribution in [0, 0.1) is 0 Å². The molecule has 0 saturated carbocycles. The van der Waals surface area contributed by atoms with Crippen LogP contribution in [0.5, 0.6) is 0 Å². The first-order chi connectivity index (χ1) is 10.6. The summed E-state index contributed by atoms with van der Waals surface area (Å²) in [7, 11) is 0. The lowest BCUT2D eigenvalue weighted by Crippen LogP contribution is -2.18. The number of amides is 1. The highest BCUT2D eigenvalue weighted by atomic mass is 35.5. The SMILES string of the molecule is CCOC(=O)c1cc(Cl)cnc1NC(=O)Cc1ccccc1. The molecule has 1 aromatic heterocycles. The van der Waals surface area contributed by atoms with E-state index in [0.29, 0.717) is 5.02 Å². The lowest BCUT2D eigenvalue weighted by atomic mass is 10.1. The molecule has 2 aromatic rings. The van der Waals surface area contributed by atoms with Crippen LogP contribution in [0.25, 0.3) is 0 Å². The van der Waals surface area contributed by atoms with Crippen molar-refractivity contribution in [2.24, 2.45) is 0 Å². The average Bonchev–Trinajstić information content (AvgIpc) is 2.50. The molecule has 0 radical (unpaired) electrons. The number of anilines is 1. The molecule has 0 fully saturated rings. The fourth-order valence-corrected chi connectivity index (χ4v) is 2.02. The van der Waals surface area contributed by atoms with Crippen molar-refractivity contribution in [2.45, 2.75) is 13.3 Å². The predicted molar refractivity (Wildman–Crippen MR) is 84.0 cm³/mol. The zero-order valence-corrected chi connectivity index (χ0v) is 12.8. The summed E-state index contributed by atoms with van der Waals surface area (Å²) in [5.41, 5.74) is 1.00. The number of pyridine rings is 1. The number of ether oxygens (including phenoxy) is 1. The van der Waals surface area contributed by atoms with Crippen molar-refractivity contribution >= 4 is 29.3 Å². The number of rotatable bonds is 5. The van der Waals surface area contributed by atoms with Gasteiger partial charge in [-0.2, -0.15) is 0 Å². The van der Waals surface area contributed by atoms with Crippen LogP contribution in [0.4, 0.5) is 5.82 Å². The molecule has 0 aliphatic heterocycles. The van der Waals surface area contributed by atoms with E-state index < -0.39 is 5.97 Å². The molecule has 0 aliphatic rings. The maximum absolute atomic E-state index is 12.1. The number of nitrogens with zero attached hydrogens (tertiary/aromatic N) is 1. The maximum atomic E-state index is 12.1. The lowest BCUT2D eigenvalue weighted by molar-refractivity contribution is -0.115. The van der Waals surface area contributed by atoms with Gasteiger partial charge in [-0.25, -0.2) is 9.78 Å². The molecular weight excluding hydrogens is 304 g/mol. The Hall–Kier alpha value is -2.40. The second-order valence-electron chi connectivity index (χ2n) is 4.48. The number of hydrogen-bond donors (Lipinski definition) is 1. The van der Waals surface area contributed by atoms with Gasteiger partial charge in [-0.05, 0) is 18.6 Å². The van der Waals surface area contributed by atoms with Crippen LogP contribution in [-0.4, -0.2) is 23.5 Å². The van der Waals surface area contributed by atoms with Gasteiger partial charge in [0.1, 0.15) is 11.4 Å². The van der Waals surface area contributed by atoms with Crippen LogP contribution >= 0.6 is 11.6 Å². The van der Waals surface area contributed by atoms with Crippen molar-refractivity contribution in [2.75, 3.05) is 11.9 Å². The number of nitrogens with one attached hydrogen (secondary N) is 1. The van der Waals surface area contributed by atoms with E-state index in [2.05, 4.69) is 10.3 Å². The number of aromatic nitrogens is 1. The molecule has 0 bridgehead atoms. The summed E-state index contributed by atoms with van der Waals surface area (Å²) in [5.74, 6) is -0.706. The van der Waals surface area contributed by atoms with E-state index in [4.69, 9.17) is 16.3 Å². The Morgan fingerprint density at radius 1 is 1.27 bits per heavy atom. The number of benzene rings is 1. The van der Waals surface area contributed by atoms with Gasteiger partial charge in [-0.15, -0.1) is 0 Å². The Balaban J connectivity index is 2.15. The van der Waals surface area contributed by atoms with Crippen LogP contribution in [-0.2, 0) is 16.0 Å². The number of carbonyl (C=O) groups is 2. The van der Waals surface area contributed by atoms with Crippen molar-refractivity contribution in [1.82, 2.24) is 4.98 Å². The topological polar surface area (TPSA) is 68.3 Å². The van der Waals surface area contributed by atoms with E-state index in [9.17, 15) is 9.59 Å². The smallest absolute Gasteiger partial charge is 0.341 e. The van der Waals surface area contributed by atoms with Gasteiger partial charge >= 0.3 is 5.97 Å². The van der Waals surface area contributed by atoms with Crippen molar-refractivity contribution in [3.05, 3.63) is 58.7 Å².